The normalized spacial score (nSPS) is 34.1. The molecule has 3 heterocycles. The molecule has 0 aliphatic carbocycles. The maximum atomic E-state index is 13.0. The molecule has 23 heavy (non-hydrogen) atoms. The minimum Gasteiger partial charge on any atom is -0.466 e. The average Bonchev–Trinajstić information content (AvgIpc) is 3.16. The Kier molecular flexibility index (Phi) is 3.10. The van der Waals surface area contributed by atoms with Gasteiger partial charge in [-0.3, -0.25) is 9.59 Å². The Morgan fingerprint density at radius 2 is 2.30 bits per heavy atom. The van der Waals surface area contributed by atoms with Crippen LogP contribution in [-0.4, -0.2) is 36.7 Å². The van der Waals surface area contributed by atoms with Crippen molar-refractivity contribution in [3.63, 3.8) is 0 Å². The first kappa shape index (κ1) is 14.5. The molecule has 2 bridgehead atoms. The van der Waals surface area contributed by atoms with E-state index in [9.17, 15) is 9.59 Å². The number of hydrogen-bond donors (Lipinski definition) is 0. The highest BCUT2D eigenvalue weighted by molar-refractivity contribution is 6.02. The summed E-state index contributed by atoms with van der Waals surface area (Å²) in [6.07, 6.45) is 3.50. The van der Waals surface area contributed by atoms with E-state index in [1.807, 2.05) is 43.3 Å². The molecule has 2 fully saturated rings. The number of fused-ring (bicyclic) bond motifs is 1. The molecule has 5 nitrogen and oxygen atoms in total. The lowest BCUT2D eigenvalue weighted by atomic mass is 9.77. The van der Waals surface area contributed by atoms with E-state index in [0.29, 0.717) is 13.2 Å². The van der Waals surface area contributed by atoms with Gasteiger partial charge in [0.05, 0.1) is 25.2 Å². The summed E-state index contributed by atoms with van der Waals surface area (Å²) in [6, 6.07) is 7.82. The summed E-state index contributed by atoms with van der Waals surface area (Å²) in [5.41, 5.74) is 1.25. The third-order valence-corrected chi connectivity index (χ3v) is 4.97. The number of aryl methyl sites for hydroxylation is 1. The number of nitrogens with zero attached hydrogens (tertiary/aromatic N) is 1. The number of benzene rings is 1. The van der Waals surface area contributed by atoms with Gasteiger partial charge >= 0.3 is 5.97 Å². The number of amides is 1. The number of esters is 1. The first-order chi connectivity index (χ1) is 11.1. The fraction of sp³-hybridized carbons (Fsp3) is 0.444. The molecule has 3 aliphatic rings. The molecule has 1 aromatic rings. The Morgan fingerprint density at radius 3 is 3.04 bits per heavy atom. The second kappa shape index (κ2) is 4.93. The predicted octanol–water partition coefficient (Wildman–Crippen LogP) is 1.84. The number of carbonyl (C=O) groups excluding carboxylic acids is 2. The Morgan fingerprint density at radius 1 is 1.48 bits per heavy atom. The summed E-state index contributed by atoms with van der Waals surface area (Å²) >= 11 is 0. The van der Waals surface area contributed by atoms with Crippen molar-refractivity contribution in [3.8, 4) is 0 Å². The zero-order valence-corrected chi connectivity index (χ0v) is 13.2. The van der Waals surface area contributed by atoms with E-state index >= 15 is 0 Å². The van der Waals surface area contributed by atoms with Crippen molar-refractivity contribution in [3.05, 3.63) is 42.0 Å². The Hall–Kier alpha value is -2.14. The molecule has 1 aromatic carbocycles. The molecule has 0 N–H and O–H groups in total. The van der Waals surface area contributed by atoms with Gasteiger partial charge in [0.25, 0.3) is 0 Å². The third kappa shape index (κ3) is 1.96. The van der Waals surface area contributed by atoms with Gasteiger partial charge in [-0.25, -0.2) is 0 Å². The molecule has 0 saturated carbocycles. The van der Waals surface area contributed by atoms with Crippen molar-refractivity contribution in [2.24, 2.45) is 11.8 Å². The van der Waals surface area contributed by atoms with Crippen molar-refractivity contribution >= 4 is 17.6 Å². The second-order valence-electron chi connectivity index (χ2n) is 6.42. The molecule has 5 heteroatoms. The number of carbonyl (C=O) groups is 2. The molecule has 1 spiro atoms. The van der Waals surface area contributed by atoms with Crippen LogP contribution in [0.5, 0.6) is 0 Å². The molecule has 4 atom stereocenters. The van der Waals surface area contributed by atoms with Gasteiger partial charge in [-0.15, -0.1) is 0 Å². The van der Waals surface area contributed by atoms with Crippen LogP contribution >= 0.6 is 0 Å². The molecule has 1 amide bonds. The van der Waals surface area contributed by atoms with E-state index in [2.05, 4.69) is 0 Å². The van der Waals surface area contributed by atoms with Crippen LogP contribution in [0.2, 0.25) is 0 Å². The fourth-order valence-corrected chi connectivity index (χ4v) is 4.02. The van der Waals surface area contributed by atoms with E-state index in [-0.39, 0.29) is 18.0 Å². The largest absolute Gasteiger partial charge is 0.466 e. The topological polar surface area (TPSA) is 55.8 Å². The van der Waals surface area contributed by atoms with Gasteiger partial charge in [-0.1, -0.05) is 24.3 Å². The zero-order valence-electron chi connectivity index (χ0n) is 13.2. The number of ether oxygens (including phenoxy) is 2. The lowest BCUT2D eigenvalue weighted by Gasteiger charge is -2.22. The average molecular weight is 313 g/mol. The first-order valence-electron chi connectivity index (χ1n) is 7.97. The highest BCUT2D eigenvalue weighted by atomic mass is 16.6. The van der Waals surface area contributed by atoms with Crippen LogP contribution in [0.4, 0.5) is 5.69 Å². The first-order valence-corrected chi connectivity index (χ1v) is 7.97. The standard InChI is InChI=1S/C18H19NO4/c1-3-22-17(21)14-13-7-8-18(23-13)10-19(16(20)15(14)18)12-6-4-5-11(2)9-12/h4-9,13-15H,3,10H2,1-2H3/t13-,14-,15-,18+/m1/s1. The van der Waals surface area contributed by atoms with Crippen molar-refractivity contribution in [1.29, 1.82) is 0 Å². The quantitative estimate of drug-likeness (QED) is 0.631. The molecule has 0 unspecified atom stereocenters. The van der Waals surface area contributed by atoms with Crippen LogP contribution in [0.1, 0.15) is 12.5 Å². The highest BCUT2D eigenvalue weighted by Gasteiger charge is 2.67. The van der Waals surface area contributed by atoms with Gasteiger partial charge in [-0.2, -0.15) is 0 Å². The Balaban J connectivity index is 1.70. The Bertz CT molecular complexity index is 713. The van der Waals surface area contributed by atoms with Crippen LogP contribution in [0.3, 0.4) is 0 Å². The number of hydrogen-bond acceptors (Lipinski definition) is 4. The maximum Gasteiger partial charge on any atom is 0.312 e. The van der Waals surface area contributed by atoms with Crippen LogP contribution in [0.25, 0.3) is 0 Å². The molecule has 3 aliphatic heterocycles. The lowest BCUT2D eigenvalue weighted by molar-refractivity contribution is -0.151. The van der Waals surface area contributed by atoms with Gasteiger partial charge < -0.3 is 14.4 Å². The van der Waals surface area contributed by atoms with Crippen LogP contribution in [0, 0.1) is 18.8 Å². The molecule has 0 radical (unpaired) electrons. The summed E-state index contributed by atoms with van der Waals surface area (Å²) in [6.45, 7) is 4.52. The van der Waals surface area contributed by atoms with Gasteiger partial charge in [-0.05, 0) is 31.5 Å². The lowest BCUT2D eigenvalue weighted by Crippen LogP contribution is -2.40. The molecule has 0 aromatic heterocycles. The SMILES string of the molecule is CCOC(=O)[C@@H]1[C@H]2C=C[C@@]3(CN(c4cccc(C)c4)C(=O)[C@@H]13)O2. The predicted molar refractivity (Wildman–Crippen MR) is 83.9 cm³/mol. The van der Waals surface area contributed by atoms with Crippen molar-refractivity contribution in [2.75, 3.05) is 18.1 Å². The van der Waals surface area contributed by atoms with Crippen LogP contribution < -0.4 is 4.90 Å². The van der Waals surface area contributed by atoms with Crippen molar-refractivity contribution in [1.82, 2.24) is 0 Å². The fourth-order valence-electron chi connectivity index (χ4n) is 4.02. The molecular weight excluding hydrogens is 294 g/mol. The van der Waals surface area contributed by atoms with Gasteiger partial charge in [0.2, 0.25) is 5.91 Å². The van der Waals surface area contributed by atoms with Gasteiger partial charge in [0.1, 0.15) is 11.5 Å². The summed E-state index contributed by atoms with van der Waals surface area (Å²) in [7, 11) is 0. The van der Waals surface area contributed by atoms with E-state index in [0.717, 1.165) is 11.3 Å². The van der Waals surface area contributed by atoms with Crippen LogP contribution in [-0.2, 0) is 19.1 Å². The van der Waals surface area contributed by atoms with Crippen molar-refractivity contribution < 1.29 is 19.1 Å². The monoisotopic (exact) mass is 313 g/mol. The molecule has 4 rings (SSSR count). The summed E-state index contributed by atoms with van der Waals surface area (Å²) in [5, 5.41) is 0. The van der Waals surface area contributed by atoms with Gasteiger partial charge in [0.15, 0.2) is 0 Å². The summed E-state index contributed by atoms with van der Waals surface area (Å²) < 4.78 is 11.2. The van der Waals surface area contributed by atoms with Crippen LogP contribution in [0.15, 0.2) is 36.4 Å². The minimum absolute atomic E-state index is 0.0551. The molecular formula is C18H19NO4. The molecule has 2 saturated heterocycles. The summed E-state index contributed by atoms with van der Waals surface area (Å²) in [5.74, 6) is -1.42. The van der Waals surface area contributed by atoms with E-state index in [4.69, 9.17) is 9.47 Å². The Labute approximate surface area is 134 Å². The van der Waals surface area contributed by atoms with E-state index in [1.54, 1.807) is 11.8 Å². The van der Waals surface area contributed by atoms with E-state index in [1.165, 1.54) is 0 Å². The highest BCUT2D eigenvalue weighted by Crippen LogP contribution is 2.52. The second-order valence-corrected chi connectivity index (χ2v) is 6.42. The van der Waals surface area contributed by atoms with Gasteiger partial charge in [0, 0.05) is 5.69 Å². The number of rotatable bonds is 3. The van der Waals surface area contributed by atoms with Crippen molar-refractivity contribution in [2.45, 2.75) is 25.6 Å². The smallest absolute Gasteiger partial charge is 0.312 e. The minimum atomic E-state index is -0.692. The zero-order chi connectivity index (χ0) is 16.2. The van der Waals surface area contributed by atoms with E-state index < -0.39 is 17.4 Å². The third-order valence-electron chi connectivity index (χ3n) is 4.97. The maximum absolute atomic E-state index is 13.0. The molecule has 120 valence electrons. The number of anilines is 1. The summed E-state index contributed by atoms with van der Waals surface area (Å²) in [4.78, 5) is 27.0.